The highest BCUT2D eigenvalue weighted by atomic mass is 35.5. The van der Waals surface area contributed by atoms with E-state index in [-0.39, 0.29) is 0 Å². The van der Waals surface area contributed by atoms with Gasteiger partial charge in [0.05, 0.1) is 23.2 Å². The van der Waals surface area contributed by atoms with Gasteiger partial charge in [-0.3, -0.25) is 0 Å². The number of benzene rings is 1. The number of hydrogen-bond donors (Lipinski definition) is 0. The molecule has 2 heterocycles. The zero-order valence-electron chi connectivity index (χ0n) is 12.2. The van der Waals surface area contributed by atoms with Crippen molar-refractivity contribution in [2.24, 2.45) is 10.2 Å². The van der Waals surface area contributed by atoms with Crippen molar-refractivity contribution in [2.45, 2.75) is 13.5 Å². The van der Waals surface area contributed by atoms with Crippen LogP contribution < -0.4 is 4.80 Å². The van der Waals surface area contributed by atoms with Gasteiger partial charge in [0.25, 0.3) is 0 Å². The first-order valence-corrected chi connectivity index (χ1v) is 8.57. The lowest BCUT2D eigenvalue weighted by Gasteiger charge is -2.07. The first-order valence-electron chi connectivity index (χ1n) is 6.93. The Kier molecular flexibility index (Phi) is 5.00. The average Bonchev–Trinajstić information content (AvgIpc) is 3.17. The van der Waals surface area contributed by atoms with Gasteiger partial charge < -0.3 is 8.98 Å². The maximum atomic E-state index is 6.31. The van der Waals surface area contributed by atoms with Gasteiger partial charge in [0, 0.05) is 22.5 Å². The van der Waals surface area contributed by atoms with Gasteiger partial charge in [-0.05, 0) is 37.3 Å². The van der Waals surface area contributed by atoms with E-state index in [2.05, 4.69) is 21.7 Å². The topological polar surface area (TPSA) is 42.8 Å². The SMILES string of the molecule is CCn1c(-c2ccc(Cl)cc2Cl)cs/c1=N\N=C/c1ccco1. The zero-order valence-corrected chi connectivity index (χ0v) is 14.6. The second-order valence-corrected chi connectivity index (χ2v) is 6.31. The summed E-state index contributed by atoms with van der Waals surface area (Å²) in [4.78, 5) is 0.788. The van der Waals surface area contributed by atoms with Crippen LogP contribution in [-0.2, 0) is 6.54 Å². The van der Waals surface area contributed by atoms with Crippen molar-refractivity contribution < 1.29 is 4.42 Å². The number of thiazole rings is 1. The van der Waals surface area contributed by atoms with Crippen molar-refractivity contribution in [3.8, 4) is 11.3 Å². The molecule has 2 aromatic heterocycles. The Morgan fingerprint density at radius 1 is 1.30 bits per heavy atom. The molecule has 0 radical (unpaired) electrons. The van der Waals surface area contributed by atoms with E-state index in [0.717, 1.165) is 22.6 Å². The molecule has 0 atom stereocenters. The third-order valence-corrected chi connectivity index (χ3v) is 4.59. The van der Waals surface area contributed by atoms with Crippen molar-refractivity contribution in [2.75, 3.05) is 0 Å². The number of nitrogens with zero attached hydrogens (tertiary/aromatic N) is 3. The molecule has 3 aromatic rings. The van der Waals surface area contributed by atoms with Crippen LogP contribution in [0.25, 0.3) is 11.3 Å². The molecule has 1 aromatic carbocycles. The number of hydrogen-bond acceptors (Lipinski definition) is 4. The van der Waals surface area contributed by atoms with Crippen molar-refractivity contribution in [1.82, 2.24) is 4.57 Å². The van der Waals surface area contributed by atoms with Gasteiger partial charge in [-0.25, -0.2) is 0 Å². The fourth-order valence-corrected chi connectivity index (χ4v) is 3.55. The molecule has 4 nitrogen and oxygen atoms in total. The molecule has 0 bridgehead atoms. The van der Waals surface area contributed by atoms with E-state index < -0.39 is 0 Å². The molecule has 0 saturated carbocycles. The lowest BCUT2D eigenvalue weighted by atomic mass is 10.2. The summed E-state index contributed by atoms with van der Waals surface area (Å²) in [5, 5.41) is 11.6. The first kappa shape index (κ1) is 16.1. The molecule has 0 spiro atoms. The third kappa shape index (κ3) is 3.58. The second-order valence-electron chi connectivity index (χ2n) is 4.63. The van der Waals surface area contributed by atoms with E-state index in [9.17, 15) is 0 Å². The minimum absolute atomic E-state index is 0.614. The van der Waals surface area contributed by atoms with E-state index in [0.29, 0.717) is 15.8 Å². The number of rotatable bonds is 4. The normalized spacial score (nSPS) is 12.4. The lowest BCUT2D eigenvalue weighted by molar-refractivity contribution is 0.560. The number of aromatic nitrogens is 1. The van der Waals surface area contributed by atoms with Crippen LogP contribution in [0.5, 0.6) is 0 Å². The van der Waals surface area contributed by atoms with Crippen LogP contribution >= 0.6 is 34.5 Å². The van der Waals surface area contributed by atoms with E-state index in [4.69, 9.17) is 27.6 Å². The molecule has 0 fully saturated rings. The molecular formula is C16H13Cl2N3OS. The summed E-state index contributed by atoms with van der Waals surface area (Å²) in [5.74, 6) is 0.661. The molecule has 0 N–H and O–H groups in total. The predicted molar refractivity (Wildman–Crippen MR) is 95.3 cm³/mol. The van der Waals surface area contributed by atoms with Gasteiger partial charge >= 0.3 is 0 Å². The van der Waals surface area contributed by atoms with Crippen LogP contribution in [0.1, 0.15) is 12.7 Å². The molecule has 7 heteroatoms. The summed E-state index contributed by atoms with van der Waals surface area (Å²) < 4.78 is 7.24. The summed E-state index contributed by atoms with van der Waals surface area (Å²) in [5.41, 5.74) is 1.91. The Labute approximate surface area is 147 Å². The number of halogens is 2. The van der Waals surface area contributed by atoms with Crippen LogP contribution in [-0.4, -0.2) is 10.8 Å². The van der Waals surface area contributed by atoms with Crippen molar-refractivity contribution in [3.63, 3.8) is 0 Å². The highest BCUT2D eigenvalue weighted by Gasteiger charge is 2.10. The maximum absolute atomic E-state index is 6.31. The molecule has 0 aliphatic carbocycles. The van der Waals surface area contributed by atoms with Crippen LogP contribution in [0.3, 0.4) is 0 Å². The summed E-state index contributed by atoms with van der Waals surface area (Å²) in [6.45, 7) is 2.81. The molecule has 118 valence electrons. The zero-order chi connectivity index (χ0) is 16.2. The van der Waals surface area contributed by atoms with Gasteiger partial charge in [-0.15, -0.1) is 16.4 Å². The van der Waals surface area contributed by atoms with Crippen LogP contribution in [0.4, 0.5) is 0 Å². The molecule has 0 amide bonds. The van der Waals surface area contributed by atoms with E-state index >= 15 is 0 Å². The van der Waals surface area contributed by atoms with Crippen molar-refractivity contribution >= 4 is 40.8 Å². The van der Waals surface area contributed by atoms with E-state index in [1.54, 1.807) is 24.6 Å². The van der Waals surface area contributed by atoms with Crippen LogP contribution in [0, 0.1) is 0 Å². The van der Waals surface area contributed by atoms with Crippen molar-refractivity contribution in [1.29, 1.82) is 0 Å². The quantitative estimate of drug-likeness (QED) is 0.470. The largest absolute Gasteiger partial charge is 0.463 e. The maximum Gasteiger partial charge on any atom is 0.211 e. The Morgan fingerprint density at radius 2 is 2.17 bits per heavy atom. The average molecular weight is 366 g/mol. The van der Waals surface area contributed by atoms with Crippen LogP contribution in [0.2, 0.25) is 10.0 Å². The standard InChI is InChI=1S/C16H13Cl2N3OS/c1-2-21-15(13-6-5-11(17)8-14(13)18)10-23-16(21)20-19-9-12-4-3-7-22-12/h3-10H,2H2,1H3/b19-9-,20-16-. The Morgan fingerprint density at radius 3 is 2.87 bits per heavy atom. The summed E-state index contributed by atoms with van der Waals surface area (Å²) in [7, 11) is 0. The fraction of sp³-hybridized carbons (Fsp3) is 0.125. The Hall–Kier alpha value is -1.82. The first-order chi connectivity index (χ1) is 11.2. The van der Waals surface area contributed by atoms with Gasteiger partial charge in [0.1, 0.15) is 5.76 Å². The number of furan rings is 1. The highest BCUT2D eigenvalue weighted by Crippen LogP contribution is 2.30. The highest BCUT2D eigenvalue weighted by molar-refractivity contribution is 7.07. The van der Waals surface area contributed by atoms with Gasteiger partial charge in [0.15, 0.2) is 0 Å². The minimum Gasteiger partial charge on any atom is -0.463 e. The summed E-state index contributed by atoms with van der Waals surface area (Å²) in [6, 6.07) is 9.10. The summed E-state index contributed by atoms with van der Waals surface area (Å²) >= 11 is 13.8. The van der Waals surface area contributed by atoms with E-state index in [1.807, 2.05) is 23.6 Å². The predicted octanol–water partition coefficient (Wildman–Crippen LogP) is 5.07. The van der Waals surface area contributed by atoms with Gasteiger partial charge in [-0.2, -0.15) is 5.10 Å². The van der Waals surface area contributed by atoms with Crippen LogP contribution in [0.15, 0.2) is 56.6 Å². The molecule has 0 aliphatic rings. The monoisotopic (exact) mass is 365 g/mol. The molecule has 0 aliphatic heterocycles. The molecular weight excluding hydrogens is 353 g/mol. The molecule has 0 saturated heterocycles. The fourth-order valence-electron chi connectivity index (χ4n) is 2.13. The Balaban J connectivity index is 1.99. The molecule has 3 rings (SSSR count). The van der Waals surface area contributed by atoms with E-state index in [1.165, 1.54) is 11.3 Å². The van der Waals surface area contributed by atoms with Crippen molar-refractivity contribution in [3.05, 3.63) is 62.6 Å². The third-order valence-electron chi connectivity index (χ3n) is 3.19. The van der Waals surface area contributed by atoms with Gasteiger partial charge in [0.2, 0.25) is 4.80 Å². The molecule has 23 heavy (non-hydrogen) atoms. The lowest BCUT2D eigenvalue weighted by Crippen LogP contribution is -2.14. The second kappa shape index (κ2) is 7.17. The smallest absolute Gasteiger partial charge is 0.211 e. The van der Waals surface area contributed by atoms with Gasteiger partial charge in [-0.1, -0.05) is 23.2 Å². The Bertz CT molecular complexity index is 894. The summed E-state index contributed by atoms with van der Waals surface area (Å²) in [6.07, 6.45) is 3.17. The minimum atomic E-state index is 0.614. The molecule has 0 unspecified atom stereocenters.